The number of Topliss-reactive ketones (excluding diaryl/α,β-unsaturated/α-hetero) is 2. The van der Waals surface area contributed by atoms with E-state index >= 15 is 0 Å². The third-order valence-electron chi connectivity index (χ3n) is 8.69. The van der Waals surface area contributed by atoms with Crippen molar-refractivity contribution in [3.63, 3.8) is 0 Å². The third kappa shape index (κ3) is 3.68. The molecule has 4 aromatic rings. The summed E-state index contributed by atoms with van der Waals surface area (Å²) < 4.78 is 5.32. The van der Waals surface area contributed by atoms with E-state index in [2.05, 4.69) is 5.32 Å². The summed E-state index contributed by atoms with van der Waals surface area (Å²) in [6, 6.07) is 24.9. The molecule has 0 bridgehead atoms. The van der Waals surface area contributed by atoms with Crippen molar-refractivity contribution in [2.45, 2.75) is 17.5 Å². The van der Waals surface area contributed by atoms with Crippen LogP contribution in [0.3, 0.4) is 0 Å². The van der Waals surface area contributed by atoms with Crippen LogP contribution in [0, 0.1) is 5.92 Å². The second-order valence-corrected chi connectivity index (χ2v) is 11.5. The fourth-order valence-electron chi connectivity index (χ4n) is 6.95. The molecule has 0 aliphatic carbocycles. The molecule has 0 unspecified atom stereocenters. The molecule has 1 amide bonds. The van der Waals surface area contributed by atoms with E-state index in [0.717, 1.165) is 11.1 Å². The van der Waals surface area contributed by atoms with Gasteiger partial charge in [0.25, 0.3) is 0 Å². The zero-order chi connectivity index (χ0) is 29.2. The quantitative estimate of drug-likeness (QED) is 0.252. The Kier molecular flexibility index (Phi) is 6.22. The van der Waals surface area contributed by atoms with Crippen LogP contribution in [0.5, 0.6) is 5.75 Å². The number of nitrogens with one attached hydrogen (secondary N) is 1. The first-order chi connectivity index (χ1) is 20.4. The monoisotopic (exact) mass is 594 g/mol. The van der Waals surface area contributed by atoms with Gasteiger partial charge in [0.2, 0.25) is 5.91 Å². The first-order valence-electron chi connectivity index (χ1n) is 13.5. The molecular formula is C34H24Cl2N2O4. The lowest BCUT2D eigenvalue weighted by Crippen LogP contribution is -2.49. The average Bonchev–Trinajstić information content (AvgIpc) is 3.49. The smallest absolute Gasteiger partial charge is 0.238 e. The number of halogens is 2. The second kappa shape index (κ2) is 9.86. The third-order valence-corrected chi connectivity index (χ3v) is 9.24. The number of methoxy groups -OCH3 is 1. The molecule has 4 atom stereocenters. The Bertz CT molecular complexity index is 1820. The van der Waals surface area contributed by atoms with Crippen molar-refractivity contribution in [3.05, 3.63) is 135 Å². The van der Waals surface area contributed by atoms with Gasteiger partial charge in [-0.25, -0.2) is 0 Å². The zero-order valence-corrected chi connectivity index (χ0v) is 23.9. The molecule has 3 aliphatic heterocycles. The van der Waals surface area contributed by atoms with Gasteiger partial charge in [0.1, 0.15) is 17.2 Å². The molecule has 1 N–H and O–H groups in total. The van der Waals surface area contributed by atoms with Crippen molar-refractivity contribution in [1.82, 2.24) is 4.90 Å². The Morgan fingerprint density at radius 3 is 2.40 bits per heavy atom. The molecule has 3 aliphatic rings. The number of carbonyl (C=O) groups is 3. The predicted molar refractivity (Wildman–Crippen MR) is 162 cm³/mol. The number of anilines is 1. The van der Waals surface area contributed by atoms with E-state index in [1.54, 1.807) is 43.5 Å². The molecule has 208 valence electrons. The highest BCUT2D eigenvalue weighted by molar-refractivity contribution is 6.37. The summed E-state index contributed by atoms with van der Waals surface area (Å²) in [7, 11) is 1.55. The Balaban J connectivity index is 1.53. The highest BCUT2D eigenvalue weighted by atomic mass is 35.5. The molecule has 3 heterocycles. The fourth-order valence-corrected chi connectivity index (χ4v) is 7.45. The van der Waals surface area contributed by atoms with Gasteiger partial charge in [0.15, 0.2) is 11.6 Å². The molecule has 1 fully saturated rings. The minimum absolute atomic E-state index is 0.179. The first-order valence-corrected chi connectivity index (χ1v) is 14.2. The maximum atomic E-state index is 14.8. The lowest BCUT2D eigenvalue weighted by atomic mass is 9.62. The highest BCUT2D eigenvalue weighted by Gasteiger charge is 2.70. The Hall–Kier alpha value is -4.39. The molecule has 0 saturated carbocycles. The summed E-state index contributed by atoms with van der Waals surface area (Å²) in [5.74, 6) is -1.53. The van der Waals surface area contributed by atoms with Crippen molar-refractivity contribution < 1.29 is 19.1 Å². The summed E-state index contributed by atoms with van der Waals surface area (Å²) in [5.41, 5.74) is 2.26. The van der Waals surface area contributed by atoms with Crippen LogP contribution in [0.25, 0.3) is 6.08 Å². The van der Waals surface area contributed by atoms with Crippen molar-refractivity contribution >= 4 is 52.4 Å². The number of para-hydroxylation sites is 1. The maximum absolute atomic E-state index is 14.8. The van der Waals surface area contributed by atoms with Gasteiger partial charge < -0.3 is 15.0 Å². The Labute approximate surface area is 252 Å². The number of amides is 1. The minimum atomic E-state index is -1.42. The number of hydrogen-bond acceptors (Lipinski definition) is 5. The second-order valence-electron chi connectivity index (χ2n) is 10.7. The molecule has 0 radical (unpaired) electrons. The topological polar surface area (TPSA) is 75.7 Å². The van der Waals surface area contributed by atoms with Crippen LogP contribution in [0.1, 0.15) is 43.4 Å². The zero-order valence-electron chi connectivity index (χ0n) is 22.4. The van der Waals surface area contributed by atoms with Crippen LogP contribution >= 0.6 is 23.2 Å². The SMILES string of the molecule is COc1ccc(C(=O)[C@@H]2[C@@H](C(=O)c3ccc(Cl)cc3Cl)N3C=Cc4ccccc4[C@@H]3[C@]23C(=O)Nc2ccccc23)cc1. The van der Waals surface area contributed by atoms with Crippen molar-refractivity contribution in [3.8, 4) is 5.75 Å². The summed E-state index contributed by atoms with van der Waals surface area (Å²) in [6.07, 6.45) is 3.75. The van der Waals surface area contributed by atoms with Gasteiger partial charge in [0, 0.05) is 28.0 Å². The van der Waals surface area contributed by atoms with Crippen molar-refractivity contribution in [2.75, 3.05) is 12.4 Å². The number of ketones is 2. The Morgan fingerprint density at radius 2 is 1.64 bits per heavy atom. The van der Waals surface area contributed by atoms with Crippen LogP contribution in [0.4, 0.5) is 5.69 Å². The van der Waals surface area contributed by atoms with Gasteiger partial charge in [-0.05, 0) is 71.3 Å². The summed E-state index contributed by atoms with van der Waals surface area (Å²) in [4.78, 5) is 45.8. The lowest BCUT2D eigenvalue weighted by molar-refractivity contribution is -0.122. The number of rotatable bonds is 5. The summed E-state index contributed by atoms with van der Waals surface area (Å²) in [5, 5.41) is 3.62. The van der Waals surface area contributed by atoms with Crippen molar-refractivity contribution in [2.24, 2.45) is 5.92 Å². The van der Waals surface area contributed by atoms with E-state index in [0.29, 0.717) is 27.6 Å². The molecular weight excluding hydrogens is 571 g/mol. The summed E-state index contributed by atoms with van der Waals surface area (Å²) >= 11 is 12.7. The minimum Gasteiger partial charge on any atom is -0.497 e. The van der Waals surface area contributed by atoms with E-state index < -0.39 is 23.4 Å². The molecule has 8 heteroatoms. The van der Waals surface area contributed by atoms with Crippen LogP contribution in [-0.2, 0) is 10.2 Å². The van der Waals surface area contributed by atoms with Gasteiger partial charge in [-0.15, -0.1) is 0 Å². The first kappa shape index (κ1) is 26.5. The molecule has 42 heavy (non-hydrogen) atoms. The number of benzene rings is 4. The van der Waals surface area contributed by atoms with Crippen LogP contribution in [0.15, 0.2) is 97.2 Å². The van der Waals surface area contributed by atoms with Crippen LogP contribution < -0.4 is 10.1 Å². The number of hydrogen-bond donors (Lipinski definition) is 1. The number of ether oxygens (including phenoxy) is 1. The molecule has 6 nitrogen and oxygen atoms in total. The summed E-state index contributed by atoms with van der Waals surface area (Å²) in [6.45, 7) is 0. The number of fused-ring (bicyclic) bond motifs is 6. The maximum Gasteiger partial charge on any atom is 0.238 e. The van der Waals surface area contributed by atoms with Gasteiger partial charge in [-0.3, -0.25) is 14.4 Å². The van der Waals surface area contributed by atoms with Crippen LogP contribution in [-0.4, -0.2) is 35.5 Å². The van der Waals surface area contributed by atoms with E-state index in [-0.39, 0.29) is 28.1 Å². The average molecular weight is 595 g/mol. The highest BCUT2D eigenvalue weighted by Crippen LogP contribution is 2.62. The largest absolute Gasteiger partial charge is 0.497 e. The lowest BCUT2D eigenvalue weighted by Gasteiger charge is -2.38. The molecule has 7 rings (SSSR count). The van der Waals surface area contributed by atoms with Gasteiger partial charge >= 0.3 is 0 Å². The molecule has 0 aromatic heterocycles. The van der Waals surface area contributed by atoms with Crippen LogP contribution in [0.2, 0.25) is 10.0 Å². The van der Waals surface area contributed by atoms with Gasteiger partial charge in [-0.2, -0.15) is 0 Å². The van der Waals surface area contributed by atoms with E-state index in [9.17, 15) is 14.4 Å². The van der Waals surface area contributed by atoms with Crippen molar-refractivity contribution in [1.29, 1.82) is 0 Å². The predicted octanol–water partition coefficient (Wildman–Crippen LogP) is 6.98. The van der Waals surface area contributed by atoms with E-state index in [4.69, 9.17) is 27.9 Å². The van der Waals surface area contributed by atoms with E-state index in [1.807, 2.05) is 65.7 Å². The number of nitrogens with zero attached hydrogens (tertiary/aromatic N) is 1. The standard InChI is InChI=1S/C34H24Cl2N2O4/c1-42-22-13-10-20(11-14-22)30(39)28-29(31(40)24-15-12-21(35)18-26(24)36)38-17-16-19-6-2-3-7-23(19)32(38)34(28)25-8-4-5-9-27(25)37-33(34)41/h2-18,28-29,32H,1H3,(H,37,41)/t28-,29-,32+,34+/m0/s1. The Morgan fingerprint density at radius 1 is 0.905 bits per heavy atom. The van der Waals surface area contributed by atoms with E-state index in [1.165, 1.54) is 6.07 Å². The normalized spacial score (nSPS) is 23.3. The fraction of sp³-hybridized carbons (Fsp3) is 0.147. The van der Waals surface area contributed by atoms with Gasteiger partial charge in [0.05, 0.1) is 24.1 Å². The molecule has 4 aromatic carbocycles. The molecule has 1 saturated heterocycles. The number of carbonyl (C=O) groups excluding carboxylic acids is 3. The molecule has 1 spiro atoms. The van der Waals surface area contributed by atoms with Gasteiger partial charge in [-0.1, -0.05) is 65.7 Å².